The van der Waals surface area contributed by atoms with Crippen molar-refractivity contribution >= 4 is 25.8 Å². The second-order valence-electron chi connectivity index (χ2n) is 8.96. The van der Waals surface area contributed by atoms with Gasteiger partial charge in [0.2, 0.25) is 10.0 Å². The van der Waals surface area contributed by atoms with Gasteiger partial charge in [-0.05, 0) is 63.1 Å². The van der Waals surface area contributed by atoms with E-state index in [1.54, 1.807) is 18.2 Å². The van der Waals surface area contributed by atoms with Crippen molar-refractivity contribution in [2.75, 3.05) is 19.3 Å². The zero-order chi connectivity index (χ0) is 24.9. The molecule has 1 aliphatic heterocycles. The highest BCUT2D eigenvalue weighted by Crippen LogP contribution is 2.22. The standard InChI is InChI=1S/C24H33N3O5S2/c1-18-8-7-9-19(2)27(18)17-21(16-25-34(31,32)23-10-5-4-6-11-23)26-24(28)20-12-14-22(15-13-20)33(3,29)30/h4-6,10-15,18-19,21,25H,7-9,16-17H2,1-3H3,(H,26,28)/t18-,19+,21-/m0/s1. The van der Waals surface area contributed by atoms with Gasteiger partial charge in [-0.2, -0.15) is 0 Å². The summed E-state index contributed by atoms with van der Waals surface area (Å²) in [6.07, 6.45) is 4.35. The molecule has 0 radical (unpaired) electrons. The Hall–Kier alpha value is -2.27. The number of rotatable bonds is 9. The van der Waals surface area contributed by atoms with Crippen LogP contribution in [0.1, 0.15) is 43.5 Å². The highest BCUT2D eigenvalue weighted by atomic mass is 32.2. The van der Waals surface area contributed by atoms with E-state index in [4.69, 9.17) is 0 Å². The Bertz CT molecular complexity index is 1170. The Labute approximate surface area is 202 Å². The first kappa shape index (κ1) is 26.3. The van der Waals surface area contributed by atoms with Crippen molar-refractivity contribution in [1.29, 1.82) is 0 Å². The van der Waals surface area contributed by atoms with E-state index >= 15 is 0 Å². The van der Waals surface area contributed by atoms with Crippen molar-refractivity contribution in [2.24, 2.45) is 0 Å². The molecule has 1 saturated heterocycles. The fourth-order valence-electron chi connectivity index (χ4n) is 4.27. The predicted octanol–water partition coefficient (Wildman–Crippen LogP) is 2.43. The molecule has 0 spiro atoms. The molecule has 8 nitrogen and oxygen atoms in total. The average molecular weight is 508 g/mol. The van der Waals surface area contributed by atoms with E-state index in [2.05, 4.69) is 28.8 Å². The van der Waals surface area contributed by atoms with E-state index in [-0.39, 0.29) is 22.2 Å². The van der Waals surface area contributed by atoms with Gasteiger partial charge >= 0.3 is 0 Å². The van der Waals surface area contributed by atoms with Crippen molar-refractivity contribution in [2.45, 2.75) is 61.0 Å². The summed E-state index contributed by atoms with van der Waals surface area (Å²) >= 11 is 0. The van der Waals surface area contributed by atoms with E-state index in [0.717, 1.165) is 25.5 Å². The highest BCUT2D eigenvalue weighted by Gasteiger charge is 2.28. The summed E-state index contributed by atoms with van der Waals surface area (Å²) in [5.74, 6) is -0.388. The van der Waals surface area contributed by atoms with Crippen LogP contribution < -0.4 is 10.0 Å². The number of carbonyl (C=O) groups is 1. The number of benzene rings is 2. The normalized spacial score (nSPS) is 20.6. The third-order valence-corrected chi connectivity index (χ3v) is 8.83. The van der Waals surface area contributed by atoms with Gasteiger partial charge in [0.15, 0.2) is 9.84 Å². The number of piperidine rings is 1. The van der Waals surface area contributed by atoms with Crippen molar-refractivity contribution in [3.8, 4) is 0 Å². The minimum atomic E-state index is -3.73. The Kier molecular flexibility index (Phi) is 8.51. The molecule has 1 fully saturated rings. The summed E-state index contributed by atoms with van der Waals surface area (Å²) in [5.41, 5.74) is 0.308. The number of amides is 1. The zero-order valence-corrected chi connectivity index (χ0v) is 21.4. The van der Waals surface area contributed by atoms with Crippen LogP contribution in [0.5, 0.6) is 0 Å². The number of hydrogen-bond acceptors (Lipinski definition) is 6. The fourth-order valence-corrected chi connectivity index (χ4v) is 6.00. The third kappa shape index (κ3) is 6.88. The Morgan fingerprint density at radius 3 is 2.09 bits per heavy atom. The number of sulfone groups is 1. The molecule has 0 saturated carbocycles. The SMILES string of the molecule is C[C@@H]1CCC[C@H](C)N1C[C@H](CNS(=O)(=O)c1ccccc1)NC(=O)c1ccc(S(C)(=O)=O)cc1. The average Bonchev–Trinajstić information content (AvgIpc) is 2.80. The number of nitrogens with one attached hydrogen (secondary N) is 2. The second-order valence-corrected chi connectivity index (χ2v) is 12.7. The molecule has 186 valence electrons. The smallest absolute Gasteiger partial charge is 0.251 e. The van der Waals surface area contributed by atoms with Gasteiger partial charge in [0, 0.05) is 37.0 Å². The van der Waals surface area contributed by atoms with E-state index in [1.165, 1.54) is 36.4 Å². The first-order chi connectivity index (χ1) is 16.0. The van der Waals surface area contributed by atoms with Crippen LogP contribution in [-0.2, 0) is 19.9 Å². The molecule has 0 unspecified atom stereocenters. The summed E-state index contributed by atoms with van der Waals surface area (Å²) in [6.45, 7) is 4.81. The molecule has 10 heteroatoms. The summed E-state index contributed by atoms with van der Waals surface area (Å²) in [7, 11) is -7.10. The number of likely N-dealkylation sites (tertiary alicyclic amines) is 1. The first-order valence-electron chi connectivity index (χ1n) is 11.4. The van der Waals surface area contributed by atoms with Crippen LogP contribution in [0.25, 0.3) is 0 Å². The van der Waals surface area contributed by atoms with Gasteiger partial charge in [0.25, 0.3) is 5.91 Å². The Balaban J connectivity index is 1.77. The van der Waals surface area contributed by atoms with Crippen LogP contribution in [0.2, 0.25) is 0 Å². The lowest BCUT2D eigenvalue weighted by Gasteiger charge is -2.41. The molecule has 1 heterocycles. The quantitative estimate of drug-likeness (QED) is 0.539. The molecule has 2 aromatic carbocycles. The topological polar surface area (TPSA) is 113 Å². The minimum Gasteiger partial charge on any atom is -0.347 e. The van der Waals surface area contributed by atoms with Crippen LogP contribution in [0.4, 0.5) is 0 Å². The van der Waals surface area contributed by atoms with Crippen LogP contribution in [0.3, 0.4) is 0 Å². The lowest BCUT2D eigenvalue weighted by atomic mass is 9.97. The van der Waals surface area contributed by atoms with E-state index in [9.17, 15) is 21.6 Å². The zero-order valence-electron chi connectivity index (χ0n) is 19.8. The monoisotopic (exact) mass is 507 g/mol. The molecule has 1 aliphatic rings. The number of carbonyl (C=O) groups excluding carboxylic acids is 1. The molecule has 2 aromatic rings. The maximum Gasteiger partial charge on any atom is 0.251 e. The molecule has 0 bridgehead atoms. The maximum absolute atomic E-state index is 13.0. The summed E-state index contributed by atoms with van der Waals surface area (Å²) in [6, 6.07) is 14.0. The Morgan fingerprint density at radius 2 is 1.53 bits per heavy atom. The third-order valence-electron chi connectivity index (χ3n) is 6.26. The van der Waals surface area contributed by atoms with Crippen molar-refractivity contribution in [1.82, 2.24) is 14.9 Å². The van der Waals surface area contributed by atoms with Crippen LogP contribution in [0, 0.1) is 0 Å². The van der Waals surface area contributed by atoms with Crippen LogP contribution >= 0.6 is 0 Å². The van der Waals surface area contributed by atoms with Crippen molar-refractivity contribution in [3.05, 3.63) is 60.2 Å². The summed E-state index contributed by atoms with van der Waals surface area (Å²) in [4.78, 5) is 15.6. The molecule has 0 aliphatic carbocycles. The van der Waals surface area contributed by atoms with Gasteiger partial charge in [-0.15, -0.1) is 0 Å². The lowest BCUT2D eigenvalue weighted by Crippen LogP contribution is -2.54. The first-order valence-corrected chi connectivity index (χ1v) is 14.8. The largest absolute Gasteiger partial charge is 0.347 e. The second kappa shape index (κ2) is 11.0. The van der Waals surface area contributed by atoms with Crippen LogP contribution in [-0.4, -0.2) is 65.1 Å². The maximum atomic E-state index is 13.0. The fraction of sp³-hybridized carbons (Fsp3) is 0.458. The summed E-state index contributed by atoms with van der Waals surface area (Å²) < 4.78 is 51.5. The lowest BCUT2D eigenvalue weighted by molar-refractivity contribution is 0.0799. The highest BCUT2D eigenvalue weighted by molar-refractivity contribution is 7.90. The number of hydrogen-bond donors (Lipinski definition) is 2. The molecular formula is C24H33N3O5S2. The molecule has 34 heavy (non-hydrogen) atoms. The van der Waals surface area contributed by atoms with E-state index in [0.29, 0.717) is 24.2 Å². The minimum absolute atomic E-state index is 0.0281. The van der Waals surface area contributed by atoms with Gasteiger partial charge in [0.1, 0.15) is 0 Å². The molecular weight excluding hydrogens is 474 g/mol. The Morgan fingerprint density at radius 1 is 0.941 bits per heavy atom. The van der Waals surface area contributed by atoms with E-state index in [1.807, 2.05) is 0 Å². The number of sulfonamides is 1. The van der Waals surface area contributed by atoms with Gasteiger partial charge < -0.3 is 5.32 Å². The predicted molar refractivity (Wildman–Crippen MR) is 132 cm³/mol. The molecule has 3 rings (SSSR count). The van der Waals surface area contributed by atoms with Gasteiger partial charge in [-0.25, -0.2) is 21.6 Å². The number of nitrogens with zero attached hydrogens (tertiary/aromatic N) is 1. The summed E-state index contributed by atoms with van der Waals surface area (Å²) in [5, 5.41) is 2.95. The molecule has 2 N–H and O–H groups in total. The van der Waals surface area contributed by atoms with Crippen LogP contribution in [0.15, 0.2) is 64.4 Å². The van der Waals surface area contributed by atoms with Crippen molar-refractivity contribution < 1.29 is 21.6 Å². The van der Waals surface area contributed by atoms with E-state index < -0.39 is 25.9 Å². The van der Waals surface area contributed by atoms with Gasteiger partial charge in [0.05, 0.1) is 15.8 Å². The van der Waals surface area contributed by atoms with Gasteiger partial charge in [-0.3, -0.25) is 9.69 Å². The van der Waals surface area contributed by atoms with Crippen molar-refractivity contribution in [3.63, 3.8) is 0 Å². The molecule has 0 aromatic heterocycles. The molecule has 1 amide bonds. The molecule has 3 atom stereocenters. The van der Waals surface area contributed by atoms with Gasteiger partial charge in [-0.1, -0.05) is 24.6 Å².